The number of pyridine rings is 1. The molecule has 0 bridgehead atoms. The van der Waals surface area contributed by atoms with E-state index in [0.717, 1.165) is 0 Å². The number of aryl methyl sites for hydroxylation is 1. The summed E-state index contributed by atoms with van der Waals surface area (Å²) in [5.74, 6) is 0.481. The Balaban J connectivity index is 2.02. The number of sulfone groups is 1. The van der Waals surface area contributed by atoms with Crippen molar-refractivity contribution >= 4 is 33.7 Å². The van der Waals surface area contributed by atoms with Crippen molar-refractivity contribution in [1.29, 1.82) is 0 Å². The van der Waals surface area contributed by atoms with Crippen molar-refractivity contribution in [2.75, 3.05) is 0 Å². The Hall–Kier alpha value is -2.03. The summed E-state index contributed by atoms with van der Waals surface area (Å²) in [6.07, 6.45) is 2.77. The molecule has 3 rings (SSSR count). The number of aromatic nitrogens is 4. The smallest absolute Gasteiger partial charge is 0.208 e. The molecule has 0 spiro atoms. The maximum Gasteiger partial charge on any atom is 0.208 e. The zero-order chi connectivity index (χ0) is 16.6. The third-order valence-electron chi connectivity index (χ3n) is 3.27. The minimum atomic E-state index is -3.65. The van der Waals surface area contributed by atoms with E-state index in [0.29, 0.717) is 21.2 Å². The summed E-state index contributed by atoms with van der Waals surface area (Å²) in [6.45, 7) is 1.75. The third kappa shape index (κ3) is 2.92. The molecule has 9 heteroatoms. The molecular formula is C14H11ClN4O2S2. The molecule has 0 unspecified atom stereocenters. The molecule has 0 aliphatic heterocycles. The summed E-state index contributed by atoms with van der Waals surface area (Å²) < 4.78 is 27.2. The van der Waals surface area contributed by atoms with Crippen LogP contribution >= 0.6 is 23.8 Å². The highest BCUT2D eigenvalue weighted by Crippen LogP contribution is 2.25. The van der Waals surface area contributed by atoms with Crippen molar-refractivity contribution in [3.8, 4) is 5.82 Å². The first kappa shape index (κ1) is 15.9. The lowest BCUT2D eigenvalue weighted by Crippen LogP contribution is -2.04. The van der Waals surface area contributed by atoms with E-state index in [-0.39, 0.29) is 9.79 Å². The first-order chi connectivity index (χ1) is 10.9. The fourth-order valence-electron chi connectivity index (χ4n) is 2.01. The fourth-order valence-corrected chi connectivity index (χ4v) is 3.61. The molecule has 2 aromatic heterocycles. The number of halogens is 1. The SMILES string of the molecule is Cc1cc(S(=O)(=O)c2ccc(-n3cn[nH]c3=S)nc2)ccc1Cl. The van der Waals surface area contributed by atoms with Crippen LogP contribution in [0, 0.1) is 11.7 Å². The Labute approximate surface area is 142 Å². The van der Waals surface area contributed by atoms with Crippen LogP contribution in [0.2, 0.25) is 5.02 Å². The van der Waals surface area contributed by atoms with Gasteiger partial charge in [-0.2, -0.15) is 5.10 Å². The van der Waals surface area contributed by atoms with E-state index < -0.39 is 9.84 Å². The Morgan fingerprint density at radius 3 is 2.52 bits per heavy atom. The van der Waals surface area contributed by atoms with Gasteiger partial charge in [0.05, 0.1) is 9.79 Å². The normalized spacial score (nSPS) is 11.6. The van der Waals surface area contributed by atoms with Gasteiger partial charge in [-0.25, -0.2) is 13.4 Å². The van der Waals surface area contributed by atoms with Crippen LogP contribution in [-0.2, 0) is 9.84 Å². The van der Waals surface area contributed by atoms with E-state index in [1.165, 1.54) is 35.3 Å². The van der Waals surface area contributed by atoms with Gasteiger partial charge in [0.1, 0.15) is 12.1 Å². The molecule has 6 nitrogen and oxygen atoms in total. The van der Waals surface area contributed by atoms with Crippen LogP contribution in [0.3, 0.4) is 0 Å². The van der Waals surface area contributed by atoms with Gasteiger partial charge in [-0.1, -0.05) is 11.6 Å². The van der Waals surface area contributed by atoms with Crippen LogP contribution in [0.5, 0.6) is 0 Å². The molecule has 1 aromatic carbocycles. The summed E-state index contributed by atoms with van der Waals surface area (Å²) in [5.41, 5.74) is 0.696. The van der Waals surface area contributed by atoms with Crippen molar-refractivity contribution < 1.29 is 8.42 Å². The molecule has 0 fully saturated rings. The molecule has 0 radical (unpaired) electrons. The number of nitrogens with zero attached hydrogens (tertiary/aromatic N) is 3. The van der Waals surface area contributed by atoms with E-state index in [1.807, 2.05) is 0 Å². The second-order valence-electron chi connectivity index (χ2n) is 4.80. The van der Waals surface area contributed by atoms with E-state index in [9.17, 15) is 8.42 Å². The van der Waals surface area contributed by atoms with Gasteiger partial charge in [-0.05, 0) is 55.0 Å². The molecule has 0 aliphatic carbocycles. The van der Waals surface area contributed by atoms with Crippen LogP contribution in [0.1, 0.15) is 5.56 Å². The number of hydrogen-bond acceptors (Lipinski definition) is 5. The monoisotopic (exact) mass is 366 g/mol. The van der Waals surface area contributed by atoms with Crippen LogP contribution in [0.15, 0.2) is 52.6 Å². The second kappa shape index (κ2) is 5.88. The summed E-state index contributed by atoms with van der Waals surface area (Å²) >= 11 is 11.0. The van der Waals surface area contributed by atoms with Gasteiger partial charge < -0.3 is 0 Å². The van der Waals surface area contributed by atoms with Gasteiger partial charge in [0.2, 0.25) is 14.6 Å². The highest BCUT2D eigenvalue weighted by Gasteiger charge is 2.19. The highest BCUT2D eigenvalue weighted by molar-refractivity contribution is 7.91. The Bertz CT molecular complexity index is 1020. The molecule has 23 heavy (non-hydrogen) atoms. The molecule has 0 saturated carbocycles. The number of aromatic amines is 1. The van der Waals surface area contributed by atoms with Crippen molar-refractivity contribution in [3.63, 3.8) is 0 Å². The number of hydrogen-bond donors (Lipinski definition) is 1. The predicted molar refractivity (Wildman–Crippen MR) is 88.2 cm³/mol. The van der Waals surface area contributed by atoms with Gasteiger partial charge in [-0.15, -0.1) is 0 Å². The summed E-state index contributed by atoms with van der Waals surface area (Å²) in [5, 5.41) is 6.92. The maximum absolute atomic E-state index is 12.6. The summed E-state index contributed by atoms with van der Waals surface area (Å²) in [7, 11) is -3.65. The third-order valence-corrected chi connectivity index (χ3v) is 5.72. The van der Waals surface area contributed by atoms with E-state index in [2.05, 4.69) is 15.2 Å². The molecule has 0 atom stereocenters. The fraction of sp³-hybridized carbons (Fsp3) is 0.0714. The molecule has 0 amide bonds. The minimum absolute atomic E-state index is 0.0954. The van der Waals surface area contributed by atoms with Crippen molar-refractivity contribution in [2.24, 2.45) is 0 Å². The van der Waals surface area contributed by atoms with Gasteiger partial charge in [0.15, 0.2) is 0 Å². The second-order valence-corrected chi connectivity index (χ2v) is 7.54. The number of benzene rings is 1. The lowest BCUT2D eigenvalue weighted by atomic mass is 10.2. The summed E-state index contributed by atoms with van der Waals surface area (Å²) in [6, 6.07) is 7.64. The zero-order valence-corrected chi connectivity index (χ0v) is 14.3. The first-order valence-corrected chi connectivity index (χ1v) is 8.76. The topological polar surface area (TPSA) is 80.6 Å². The number of nitrogens with one attached hydrogen (secondary N) is 1. The van der Waals surface area contributed by atoms with E-state index in [1.54, 1.807) is 19.1 Å². The predicted octanol–water partition coefficient (Wildman–Crippen LogP) is 3.12. The number of rotatable bonds is 3. The molecular weight excluding hydrogens is 356 g/mol. The Kier molecular flexibility index (Phi) is 4.05. The standard InChI is InChI=1S/C14H11ClN4O2S2/c1-9-6-10(2-4-12(9)15)23(20,21)11-3-5-13(16-7-11)19-8-17-18-14(19)22/h2-8H,1H3,(H,18,22). The van der Waals surface area contributed by atoms with Crippen molar-refractivity contribution in [2.45, 2.75) is 16.7 Å². The average molecular weight is 367 g/mol. The quantitative estimate of drug-likeness (QED) is 0.720. The van der Waals surface area contributed by atoms with Gasteiger partial charge in [0.25, 0.3) is 0 Å². The van der Waals surface area contributed by atoms with Crippen LogP contribution in [0.4, 0.5) is 0 Å². The Morgan fingerprint density at radius 2 is 1.96 bits per heavy atom. The van der Waals surface area contributed by atoms with Crippen molar-refractivity contribution in [1.82, 2.24) is 19.7 Å². The lowest BCUT2D eigenvalue weighted by molar-refractivity contribution is 0.595. The molecule has 0 aliphatic rings. The molecule has 1 N–H and O–H groups in total. The Morgan fingerprint density at radius 1 is 1.22 bits per heavy atom. The number of H-pyrrole nitrogens is 1. The van der Waals surface area contributed by atoms with Crippen LogP contribution in [-0.4, -0.2) is 28.2 Å². The molecule has 118 valence electrons. The van der Waals surface area contributed by atoms with Gasteiger partial charge >= 0.3 is 0 Å². The van der Waals surface area contributed by atoms with Gasteiger partial charge in [0, 0.05) is 11.2 Å². The summed E-state index contributed by atoms with van der Waals surface area (Å²) in [4.78, 5) is 4.42. The molecule has 2 heterocycles. The minimum Gasteiger partial charge on any atom is -0.258 e. The van der Waals surface area contributed by atoms with Gasteiger partial charge in [-0.3, -0.25) is 9.67 Å². The van der Waals surface area contributed by atoms with Crippen LogP contribution in [0.25, 0.3) is 5.82 Å². The van der Waals surface area contributed by atoms with E-state index in [4.69, 9.17) is 23.8 Å². The van der Waals surface area contributed by atoms with Crippen molar-refractivity contribution in [3.05, 3.63) is 58.2 Å². The van der Waals surface area contributed by atoms with Crippen LogP contribution < -0.4 is 0 Å². The highest BCUT2D eigenvalue weighted by atomic mass is 35.5. The lowest BCUT2D eigenvalue weighted by Gasteiger charge is -2.07. The zero-order valence-electron chi connectivity index (χ0n) is 11.9. The molecule has 0 saturated heterocycles. The van der Waals surface area contributed by atoms with E-state index >= 15 is 0 Å². The molecule has 3 aromatic rings. The first-order valence-electron chi connectivity index (χ1n) is 6.49. The average Bonchev–Trinajstić information content (AvgIpc) is 2.96. The maximum atomic E-state index is 12.6. The largest absolute Gasteiger partial charge is 0.258 e.